The second kappa shape index (κ2) is 37.0. The summed E-state index contributed by atoms with van der Waals surface area (Å²) in [5.41, 5.74) is -3.36. The fraction of sp³-hybridized carbons (Fsp3) is 0.871. The van der Waals surface area contributed by atoms with Crippen molar-refractivity contribution in [1.82, 2.24) is 63.0 Å². The lowest BCUT2D eigenvalue weighted by Gasteiger charge is -2.39. The Morgan fingerprint density at radius 2 is 0.970 bits per heavy atom. The number of likely N-dealkylation sites (N-methyl/N-ethyl adjacent to an activating group) is 2. The number of ether oxygens (including phenoxy) is 2. The standard InChI is InChI=1S/C37H65N7O7S.C17H35N3O4S.C16H33N3O4S/c1-12-14-18-25(29(45)32(47)38-19-13-2)39-31(46)28-27-24(37(27,9)10)22-44(28)33(48)30(36(6,7)8)41-34(49)40-26(35(3,4)5)23-42(11)52(50,51)43-20-16-15-17-21-43;1-16(2,3)14(18-15(21)24-17(4,5)6)13-19(7)25(22,23)20-11-9-8-10-12-20;1-15(2,3)13(18-14(20)23-16(4,5)6)12-17-24(21,22)19-10-8-7-9-11-19/h13,24-28,30H,2,12,14-23H2,1,3-11H3,(H,38,47)(H,39,46)(H2,40,41,49);14H,8-13H2,1-7H3,(H,18,21);13,17H,7-12H2,1-6H3,(H,18,20)/t24-,25?,26+,27-,28-,30+;14-;13-/m011/s1. The highest BCUT2D eigenvalue weighted by Gasteiger charge is 2.70. The van der Waals surface area contributed by atoms with Crippen molar-refractivity contribution in [2.45, 2.75) is 270 Å². The van der Waals surface area contributed by atoms with Gasteiger partial charge in [-0.25, -0.2) is 19.1 Å². The van der Waals surface area contributed by atoms with E-state index in [0.29, 0.717) is 52.2 Å². The molecule has 5 rings (SSSR count). The minimum absolute atomic E-state index is 0.0280. The minimum Gasteiger partial charge on any atom is -0.444 e. The van der Waals surface area contributed by atoms with Crippen molar-refractivity contribution in [2.24, 2.45) is 38.9 Å². The first-order chi connectivity index (χ1) is 46.0. The van der Waals surface area contributed by atoms with Crippen LogP contribution in [0.25, 0.3) is 0 Å². The van der Waals surface area contributed by atoms with E-state index < -0.39 is 119 Å². The predicted octanol–water partition coefficient (Wildman–Crippen LogP) is 7.64. The normalized spacial score (nSPS) is 21.3. The molecule has 5 aliphatic rings. The zero-order valence-electron chi connectivity index (χ0n) is 65.7. The number of alkyl carbamates (subject to hydrolysis) is 2. The Morgan fingerprint density at radius 1 is 0.564 bits per heavy atom. The Balaban J connectivity index is 0.000000449. The highest BCUT2D eigenvalue weighted by molar-refractivity contribution is 7.87. The van der Waals surface area contributed by atoms with Gasteiger partial charge >= 0.3 is 18.2 Å². The van der Waals surface area contributed by atoms with Gasteiger partial charge in [0, 0.05) is 92.1 Å². The van der Waals surface area contributed by atoms with Crippen LogP contribution in [-0.2, 0) is 59.3 Å². The van der Waals surface area contributed by atoms with Crippen LogP contribution in [0.3, 0.4) is 0 Å². The summed E-state index contributed by atoms with van der Waals surface area (Å²) in [6.07, 6.45) is 10.3. The number of likely N-dealkylation sites (tertiary alicyclic amines) is 1. The molecule has 28 nitrogen and oxygen atoms in total. The van der Waals surface area contributed by atoms with Crippen molar-refractivity contribution in [3.63, 3.8) is 0 Å². The number of fused-ring (bicyclic) bond motifs is 1. The first-order valence-electron chi connectivity index (χ1n) is 36.3. The first kappa shape index (κ1) is 90.5. The Kier molecular flexibility index (Phi) is 33.1. The van der Waals surface area contributed by atoms with E-state index in [9.17, 15) is 58.8 Å². The lowest BCUT2D eigenvalue weighted by Crippen LogP contribution is -2.63. The van der Waals surface area contributed by atoms with Crippen molar-refractivity contribution < 1.29 is 68.3 Å². The van der Waals surface area contributed by atoms with E-state index in [1.165, 1.54) is 39.5 Å². The molecular weight excluding hydrogens is 1360 g/mol. The van der Waals surface area contributed by atoms with E-state index in [1.807, 2.05) is 90.0 Å². The summed E-state index contributed by atoms with van der Waals surface area (Å²) in [5.74, 6) is -2.60. The smallest absolute Gasteiger partial charge is 0.407 e. The van der Waals surface area contributed by atoms with Crippen molar-refractivity contribution >= 4 is 72.4 Å². The topological polar surface area (TPSA) is 344 Å². The molecule has 101 heavy (non-hydrogen) atoms. The predicted molar refractivity (Wildman–Crippen MR) is 396 cm³/mol. The third kappa shape index (κ3) is 28.2. The number of nitrogens with one attached hydrogen (secondary N) is 7. The van der Waals surface area contributed by atoms with E-state index in [1.54, 1.807) is 48.6 Å². The number of unbranched alkanes of at least 4 members (excludes halogenated alkanes) is 1. The van der Waals surface area contributed by atoms with Gasteiger partial charge in [-0.15, -0.1) is 6.58 Å². The molecule has 0 aromatic heterocycles. The summed E-state index contributed by atoms with van der Waals surface area (Å²) in [5, 5.41) is 16.8. The van der Waals surface area contributed by atoms with Gasteiger partial charge in [-0.2, -0.15) is 46.8 Å². The molecule has 1 aliphatic carbocycles. The van der Waals surface area contributed by atoms with Gasteiger partial charge in [0.05, 0.1) is 18.1 Å². The van der Waals surface area contributed by atoms with Crippen LogP contribution in [0.5, 0.6) is 0 Å². The molecule has 4 heterocycles. The molecule has 0 radical (unpaired) electrons. The number of piperidine rings is 4. The molecule has 0 aromatic rings. The van der Waals surface area contributed by atoms with Crippen LogP contribution < -0.4 is 36.6 Å². The van der Waals surface area contributed by atoms with E-state index in [4.69, 9.17) is 9.47 Å². The van der Waals surface area contributed by atoms with Crippen LogP contribution in [0.4, 0.5) is 14.4 Å². The lowest BCUT2D eigenvalue weighted by atomic mass is 9.85. The molecule has 0 spiro atoms. The average Bonchev–Trinajstić information content (AvgIpc) is 1.52. The molecule has 7 amide bonds. The number of carbonyl (C=O) groups excluding carboxylic acids is 7. The SMILES string of the molecule is C=CCNC(=O)C(=O)C(CCCC)NC(=O)[C@@H]1[C@@H]2[C@H](CN1C(=O)[C@@H](NC(=O)N[C@H](CN(C)S(=O)(=O)N1CCCCC1)C(C)(C)C)C(C)(C)C)C2(C)C.CC(C)(C)OC(=O)N[C@H](CNS(=O)(=O)N1CCCCC1)C(C)(C)C.CN(C[C@@H](NC(=O)OC(C)(C)C)C(C)(C)C)S(=O)(=O)N1CCCCC1. The van der Waals surface area contributed by atoms with Crippen LogP contribution in [0.1, 0.15) is 222 Å². The van der Waals surface area contributed by atoms with Crippen molar-refractivity contribution in [1.29, 1.82) is 0 Å². The van der Waals surface area contributed by atoms with Gasteiger partial charge in [0.15, 0.2) is 0 Å². The van der Waals surface area contributed by atoms with Gasteiger partial charge in [0.2, 0.25) is 17.6 Å². The second-order valence-electron chi connectivity index (χ2n) is 34.7. The quantitative estimate of drug-likeness (QED) is 0.0323. The monoisotopic (exact) mass is 1490 g/mol. The van der Waals surface area contributed by atoms with Crippen LogP contribution in [0, 0.1) is 38.9 Å². The number of nitrogens with zero attached hydrogens (tertiary/aromatic N) is 6. The fourth-order valence-electron chi connectivity index (χ4n) is 12.5. The van der Waals surface area contributed by atoms with Crippen molar-refractivity contribution in [3.05, 3.63) is 12.7 Å². The first-order valence-corrected chi connectivity index (χ1v) is 40.5. The summed E-state index contributed by atoms with van der Waals surface area (Å²) in [4.78, 5) is 93.7. The van der Waals surface area contributed by atoms with Crippen LogP contribution in [-0.4, -0.2) is 227 Å². The third-order valence-corrected chi connectivity index (χ3v) is 24.6. The Bertz CT molecular complexity index is 3110. The number of Topliss-reactive ketones (excluding diaryl/α,β-unsaturated/α-hetero) is 1. The average molecular weight is 1490 g/mol. The largest absolute Gasteiger partial charge is 0.444 e. The van der Waals surface area contributed by atoms with Gasteiger partial charge in [-0.1, -0.05) is 142 Å². The molecule has 4 aliphatic heterocycles. The molecule has 0 bridgehead atoms. The maximum Gasteiger partial charge on any atom is 0.407 e. The molecule has 4 saturated heterocycles. The third-order valence-electron chi connectivity index (χ3n) is 19.2. The molecule has 586 valence electrons. The van der Waals surface area contributed by atoms with E-state index >= 15 is 0 Å². The number of hydrogen-bond donors (Lipinski definition) is 7. The molecule has 8 atom stereocenters. The Labute approximate surface area is 608 Å². The van der Waals surface area contributed by atoms with Crippen molar-refractivity contribution in [3.8, 4) is 0 Å². The molecular formula is C70H133N13O15S3. The zero-order chi connectivity index (χ0) is 77.5. The number of amides is 7. The molecule has 1 saturated carbocycles. The molecule has 7 N–H and O–H groups in total. The summed E-state index contributed by atoms with van der Waals surface area (Å²) in [6, 6.07) is -4.97. The van der Waals surface area contributed by atoms with Crippen molar-refractivity contribution in [2.75, 3.05) is 86.1 Å². The zero-order valence-corrected chi connectivity index (χ0v) is 68.1. The molecule has 1 unspecified atom stereocenters. The maximum absolute atomic E-state index is 14.5. The number of ketones is 1. The maximum atomic E-state index is 14.5. The van der Waals surface area contributed by atoms with Crippen LogP contribution in [0.2, 0.25) is 0 Å². The summed E-state index contributed by atoms with van der Waals surface area (Å²) in [7, 11) is -7.67. The highest BCUT2D eigenvalue weighted by atomic mass is 32.2. The molecule has 31 heteroatoms. The molecule has 0 aromatic carbocycles. The summed E-state index contributed by atoms with van der Waals surface area (Å²) in [6.45, 7) is 47.3. The van der Waals surface area contributed by atoms with E-state index in [-0.39, 0.29) is 72.8 Å². The van der Waals surface area contributed by atoms with Gasteiger partial charge in [0.1, 0.15) is 23.3 Å². The summed E-state index contributed by atoms with van der Waals surface area (Å²) < 4.78 is 97.4. The Morgan fingerprint density at radius 3 is 1.36 bits per heavy atom. The minimum atomic E-state index is -3.73. The fourth-order valence-corrected chi connectivity index (χ4v) is 16.7. The van der Waals surface area contributed by atoms with Crippen LogP contribution in [0.15, 0.2) is 12.7 Å². The number of rotatable bonds is 26. The van der Waals surface area contributed by atoms with Gasteiger partial charge in [-0.05, 0) is 125 Å². The van der Waals surface area contributed by atoms with E-state index in [0.717, 1.165) is 64.2 Å². The van der Waals surface area contributed by atoms with Crippen LogP contribution >= 0.6 is 0 Å². The number of hydrogen-bond acceptors (Lipinski definition) is 15. The number of urea groups is 1. The Hall–Kier alpha value is -4.76. The summed E-state index contributed by atoms with van der Waals surface area (Å²) >= 11 is 0. The lowest BCUT2D eigenvalue weighted by molar-refractivity contribution is -0.145. The highest BCUT2D eigenvalue weighted by Crippen LogP contribution is 2.65. The van der Waals surface area contributed by atoms with Gasteiger partial charge in [0.25, 0.3) is 36.5 Å². The van der Waals surface area contributed by atoms with Gasteiger partial charge in [-0.3, -0.25) is 19.2 Å². The van der Waals surface area contributed by atoms with Gasteiger partial charge < -0.3 is 46.3 Å². The number of carbonyl (C=O) groups is 7. The van der Waals surface area contributed by atoms with E-state index in [2.05, 4.69) is 57.0 Å². The molecule has 5 fully saturated rings. The second-order valence-corrected chi connectivity index (χ2v) is 40.6.